The van der Waals surface area contributed by atoms with E-state index < -0.39 is 0 Å². The van der Waals surface area contributed by atoms with E-state index in [1.165, 1.54) is 0 Å². The number of ketones is 1. The molecule has 29 heavy (non-hydrogen) atoms. The Morgan fingerprint density at radius 1 is 0.966 bits per heavy atom. The normalized spacial score (nSPS) is 10.8. The summed E-state index contributed by atoms with van der Waals surface area (Å²) < 4.78 is 7.43. The van der Waals surface area contributed by atoms with Crippen LogP contribution in [0, 0.1) is 6.92 Å². The van der Waals surface area contributed by atoms with Crippen LogP contribution in [-0.2, 0) is 6.54 Å². The lowest BCUT2D eigenvalue weighted by Crippen LogP contribution is -2.20. The maximum Gasteiger partial charge on any atom is 0.200 e. The molecular formula is C25H21NO3. The molecule has 4 aromatic rings. The average Bonchev–Trinajstić information content (AvgIpc) is 2.76. The molecule has 0 aliphatic rings. The van der Waals surface area contributed by atoms with Gasteiger partial charge in [0.2, 0.25) is 5.43 Å². The number of carbonyl (C=O) groups excluding carboxylic acids is 1. The first-order valence-corrected chi connectivity index (χ1v) is 9.44. The first-order chi connectivity index (χ1) is 14.1. The SMILES string of the molecule is COc1ccccc1Cn1cc(C(=O)c2ccccc2)c(=O)c2cc(C)ccc21. The molecule has 4 rings (SSSR count). The van der Waals surface area contributed by atoms with Crippen molar-refractivity contribution in [2.75, 3.05) is 7.11 Å². The summed E-state index contributed by atoms with van der Waals surface area (Å²) >= 11 is 0. The molecule has 0 unspecified atom stereocenters. The lowest BCUT2D eigenvalue weighted by molar-refractivity contribution is 0.103. The van der Waals surface area contributed by atoms with Gasteiger partial charge in [-0.1, -0.05) is 60.2 Å². The molecule has 4 nitrogen and oxygen atoms in total. The summed E-state index contributed by atoms with van der Waals surface area (Å²) in [6, 6.07) is 22.4. The molecule has 0 atom stereocenters. The van der Waals surface area contributed by atoms with Crippen molar-refractivity contribution in [2.24, 2.45) is 0 Å². The van der Waals surface area contributed by atoms with E-state index in [0.29, 0.717) is 17.5 Å². The minimum absolute atomic E-state index is 0.171. The van der Waals surface area contributed by atoms with Gasteiger partial charge in [0.25, 0.3) is 0 Å². The summed E-state index contributed by atoms with van der Waals surface area (Å²) in [4.78, 5) is 26.2. The van der Waals surface area contributed by atoms with Gasteiger partial charge in [0, 0.05) is 22.7 Å². The van der Waals surface area contributed by atoms with Crippen molar-refractivity contribution in [3.05, 3.63) is 111 Å². The molecule has 0 bridgehead atoms. The van der Waals surface area contributed by atoms with Gasteiger partial charge in [0.15, 0.2) is 5.78 Å². The maximum absolute atomic E-state index is 13.2. The summed E-state index contributed by atoms with van der Waals surface area (Å²) in [7, 11) is 1.63. The van der Waals surface area contributed by atoms with E-state index in [4.69, 9.17) is 4.74 Å². The largest absolute Gasteiger partial charge is 0.496 e. The van der Waals surface area contributed by atoms with Crippen molar-refractivity contribution in [2.45, 2.75) is 13.5 Å². The van der Waals surface area contributed by atoms with Crippen molar-refractivity contribution in [1.82, 2.24) is 4.57 Å². The number of benzene rings is 3. The standard InChI is InChI=1S/C25H21NO3/c1-17-12-13-22-20(14-17)25(28)21(24(27)18-8-4-3-5-9-18)16-26(22)15-19-10-6-7-11-23(19)29-2/h3-14,16H,15H2,1-2H3. The highest BCUT2D eigenvalue weighted by atomic mass is 16.5. The first-order valence-electron chi connectivity index (χ1n) is 9.44. The van der Waals surface area contributed by atoms with E-state index >= 15 is 0 Å². The van der Waals surface area contributed by atoms with E-state index in [0.717, 1.165) is 22.4 Å². The minimum atomic E-state index is -0.271. The van der Waals surface area contributed by atoms with Gasteiger partial charge in [-0.25, -0.2) is 0 Å². The molecule has 0 N–H and O–H groups in total. The Hall–Kier alpha value is -3.66. The fraction of sp³-hybridized carbons (Fsp3) is 0.120. The fourth-order valence-electron chi connectivity index (χ4n) is 3.57. The molecule has 3 aromatic carbocycles. The van der Waals surface area contributed by atoms with E-state index in [9.17, 15) is 9.59 Å². The van der Waals surface area contributed by atoms with Crippen molar-refractivity contribution < 1.29 is 9.53 Å². The first kappa shape index (κ1) is 18.7. The molecule has 0 saturated heterocycles. The summed E-state index contributed by atoms with van der Waals surface area (Å²) in [5.41, 5.74) is 3.16. The number of fused-ring (bicyclic) bond motifs is 1. The van der Waals surface area contributed by atoms with Crippen LogP contribution in [0.25, 0.3) is 10.9 Å². The Morgan fingerprint density at radius 3 is 2.45 bits per heavy atom. The predicted molar refractivity (Wildman–Crippen MR) is 115 cm³/mol. The second-order valence-corrected chi connectivity index (χ2v) is 7.03. The van der Waals surface area contributed by atoms with Gasteiger partial charge in [-0.2, -0.15) is 0 Å². The number of ether oxygens (including phenoxy) is 1. The van der Waals surface area contributed by atoms with Crippen LogP contribution >= 0.6 is 0 Å². The monoisotopic (exact) mass is 383 g/mol. The molecule has 0 radical (unpaired) electrons. The highest BCUT2D eigenvalue weighted by Crippen LogP contribution is 2.22. The predicted octanol–water partition coefficient (Wildman–Crippen LogP) is 4.60. The van der Waals surface area contributed by atoms with E-state index in [2.05, 4.69) is 0 Å². The van der Waals surface area contributed by atoms with Gasteiger partial charge >= 0.3 is 0 Å². The van der Waals surface area contributed by atoms with Gasteiger partial charge in [-0.15, -0.1) is 0 Å². The number of pyridine rings is 1. The Kier molecular flexibility index (Phi) is 5.00. The average molecular weight is 383 g/mol. The minimum Gasteiger partial charge on any atom is -0.496 e. The second-order valence-electron chi connectivity index (χ2n) is 7.03. The lowest BCUT2D eigenvalue weighted by Gasteiger charge is -2.15. The molecule has 1 aromatic heterocycles. The zero-order valence-corrected chi connectivity index (χ0v) is 16.4. The zero-order valence-electron chi connectivity index (χ0n) is 16.4. The Balaban J connectivity index is 1.93. The molecule has 0 spiro atoms. The molecular weight excluding hydrogens is 362 g/mol. The van der Waals surface area contributed by atoms with Crippen molar-refractivity contribution in [3.8, 4) is 5.75 Å². The third-order valence-corrected chi connectivity index (χ3v) is 5.05. The quantitative estimate of drug-likeness (QED) is 0.473. The number of hydrogen-bond acceptors (Lipinski definition) is 3. The lowest BCUT2D eigenvalue weighted by atomic mass is 10.0. The molecule has 0 aliphatic heterocycles. The van der Waals surface area contributed by atoms with Crippen LogP contribution in [0.3, 0.4) is 0 Å². The van der Waals surface area contributed by atoms with E-state index in [-0.39, 0.29) is 16.8 Å². The maximum atomic E-state index is 13.2. The number of methoxy groups -OCH3 is 1. The van der Waals surface area contributed by atoms with Gasteiger partial charge in [-0.3, -0.25) is 9.59 Å². The van der Waals surface area contributed by atoms with Gasteiger partial charge in [-0.05, 0) is 25.1 Å². The Labute approximate surface area is 169 Å². The van der Waals surface area contributed by atoms with Crippen molar-refractivity contribution >= 4 is 16.7 Å². The number of hydrogen-bond donors (Lipinski definition) is 0. The van der Waals surface area contributed by atoms with Crippen molar-refractivity contribution in [3.63, 3.8) is 0 Å². The molecule has 0 amide bonds. The summed E-state index contributed by atoms with van der Waals surface area (Å²) in [6.45, 7) is 2.42. The number of rotatable bonds is 5. The van der Waals surface area contributed by atoms with Crippen LogP contribution in [0.4, 0.5) is 0 Å². The van der Waals surface area contributed by atoms with E-state index in [1.54, 1.807) is 37.6 Å². The smallest absolute Gasteiger partial charge is 0.200 e. The van der Waals surface area contributed by atoms with Gasteiger partial charge in [0.05, 0.1) is 24.7 Å². The van der Waals surface area contributed by atoms with Crippen LogP contribution in [0.1, 0.15) is 27.0 Å². The number of aryl methyl sites for hydroxylation is 1. The van der Waals surface area contributed by atoms with Crippen LogP contribution in [0.5, 0.6) is 5.75 Å². The van der Waals surface area contributed by atoms with Crippen LogP contribution in [-0.4, -0.2) is 17.5 Å². The number of nitrogens with zero attached hydrogens (tertiary/aromatic N) is 1. The third-order valence-electron chi connectivity index (χ3n) is 5.05. The Morgan fingerprint density at radius 2 is 1.69 bits per heavy atom. The number of aromatic nitrogens is 1. The molecule has 0 saturated carbocycles. The number of carbonyl (C=O) groups is 1. The van der Waals surface area contributed by atoms with Crippen LogP contribution < -0.4 is 10.2 Å². The number of para-hydroxylation sites is 1. The summed E-state index contributed by atoms with van der Waals surface area (Å²) in [6.07, 6.45) is 1.67. The highest BCUT2D eigenvalue weighted by molar-refractivity contribution is 6.10. The molecule has 4 heteroatoms. The second kappa shape index (κ2) is 7.76. The topological polar surface area (TPSA) is 48.3 Å². The third kappa shape index (κ3) is 3.57. The highest BCUT2D eigenvalue weighted by Gasteiger charge is 2.18. The van der Waals surface area contributed by atoms with E-state index in [1.807, 2.05) is 60.0 Å². The molecule has 0 fully saturated rings. The van der Waals surface area contributed by atoms with Gasteiger partial charge in [0.1, 0.15) is 5.75 Å². The van der Waals surface area contributed by atoms with Crippen LogP contribution in [0.2, 0.25) is 0 Å². The fourth-order valence-corrected chi connectivity index (χ4v) is 3.57. The van der Waals surface area contributed by atoms with Crippen molar-refractivity contribution in [1.29, 1.82) is 0 Å². The van der Waals surface area contributed by atoms with Gasteiger partial charge < -0.3 is 9.30 Å². The zero-order chi connectivity index (χ0) is 20.4. The molecule has 1 heterocycles. The molecule has 0 aliphatic carbocycles. The Bertz CT molecular complexity index is 1260. The summed E-state index contributed by atoms with van der Waals surface area (Å²) in [5, 5.41) is 0.543. The molecule has 144 valence electrons. The summed E-state index contributed by atoms with van der Waals surface area (Å²) in [5.74, 6) is 0.496. The van der Waals surface area contributed by atoms with Crippen LogP contribution in [0.15, 0.2) is 83.8 Å².